The van der Waals surface area contributed by atoms with Gasteiger partial charge in [0.1, 0.15) is 12.4 Å². The number of rotatable bonds is 3. The van der Waals surface area contributed by atoms with Crippen LogP contribution in [0.2, 0.25) is 0 Å². The first-order chi connectivity index (χ1) is 8.76. The van der Waals surface area contributed by atoms with Crippen molar-refractivity contribution >= 4 is 17.7 Å². The third-order valence-corrected chi connectivity index (χ3v) is 2.78. The van der Waals surface area contributed by atoms with Gasteiger partial charge in [-0.25, -0.2) is 0 Å². The van der Waals surface area contributed by atoms with Crippen LogP contribution in [0.4, 0.5) is 11.4 Å². The minimum Gasteiger partial charge on any atom is -0.344 e. The highest BCUT2D eigenvalue weighted by Crippen LogP contribution is 2.26. The first-order valence-corrected chi connectivity index (χ1v) is 5.54. The van der Waals surface area contributed by atoms with Crippen LogP contribution in [0, 0.1) is 11.3 Å². The molecular formula is C15H12N2O. The lowest BCUT2D eigenvalue weighted by atomic mass is 10.1. The highest BCUT2D eigenvalue weighted by Gasteiger charge is 2.09. The number of anilines is 2. The molecule has 0 saturated carbocycles. The summed E-state index contributed by atoms with van der Waals surface area (Å²) in [6.45, 7) is 0. The molecule has 3 nitrogen and oxygen atoms in total. The first-order valence-electron chi connectivity index (χ1n) is 5.54. The van der Waals surface area contributed by atoms with E-state index >= 15 is 0 Å². The topological polar surface area (TPSA) is 44.1 Å². The van der Waals surface area contributed by atoms with Gasteiger partial charge in [-0.2, -0.15) is 5.26 Å². The number of nitrogens with zero attached hydrogens (tertiary/aromatic N) is 2. The molecule has 0 aromatic heterocycles. The first kappa shape index (κ1) is 11.9. The van der Waals surface area contributed by atoms with Gasteiger partial charge in [0, 0.05) is 18.3 Å². The molecular weight excluding hydrogens is 224 g/mol. The number of benzene rings is 2. The van der Waals surface area contributed by atoms with Crippen LogP contribution in [0.3, 0.4) is 0 Å². The van der Waals surface area contributed by atoms with E-state index in [0.29, 0.717) is 11.1 Å². The van der Waals surface area contributed by atoms with Crippen molar-refractivity contribution in [2.24, 2.45) is 0 Å². The molecule has 2 rings (SSSR count). The number of hydrogen-bond donors (Lipinski definition) is 0. The highest BCUT2D eigenvalue weighted by atomic mass is 16.1. The Morgan fingerprint density at radius 3 is 2.50 bits per heavy atom. The van der Waals surface area contributed by atoms with Crippen molar-refractivity contribution in [2.45, 2.75) is 0 Å². The van der Waals surface area contributed by atoms with Crippen molar-refractivity contribution in [1.29, 1.82) is 5.26 Å². The second-order valence-electron chi connectivity index (χ2n) is 3.90. The molecule has 0 fully saturated rings. The van der Waals surface area contributed by atoms with Gasteiger partial charge in [-0.15, -0.1) is 0 Å². The van der Waals surface area contributed by atoms with Gasteiger partial charge in [0.25, 0.3) is 0 Å². The molecule has 18 heavy (non-hydrogen) atoms. The maximum Gasteiger partial charge on any atom is 0.150 e. The molecule has 0 spiro atoms. The minimum atomic E-state index is 0.492. The Hall–Kier alpha value is -2.60. The zero-order valence-electron chi connectivity index (χ0n) is 10.00. The monoisotopic (exact) mass is 236 g/mol. The largest absolute Gasteiger partial charge is 0.344 e. The van der Waals surface area contributed by atoms with E-state index in [1.54, 1.807) is 18.2 Å². The van der Waals surface area contributed by atoms with Crippen molar-refractivity contribution in [1.82, 2.24) is 0 Å². The lowest BCUT2D eigenvalue weighted by Crippen LogP contribution is -2.11. The molecule has 0 aliphatic heterocycles. The molecule has 88 valence electrons. The van der Waals surface area contributed by atoms with Crippen molar-refractivity contribution in [3.63, 3.8) is 0 Å². The van der Waals surface area contributed by atoms with Gasteiger partial charge < -0.3 is 4.90 Å². The molecule has 3 heteroatoms. The fraction of sp³-hybridized carbons (Fsp3) is 0.0667. The van der Waals surface area contributed by atoms with E-state index in [-0.39, 0.29) is 0 Å². The molecule has 0 radical (unpaired) electrons. The molecule has 0 aliphatic rings. The Kier molecular flexibility index (Phi) is 3.40. The lowest BCUT2D eigenvalue weighted by molar-refractivity contribution is 0.112. The second-order valence-corrected chi connectivity index (χ2v) is 3.90. The summed E-state index contributed by atoms with van der Waals surface area (Å²) in [4.78, 5) is 12.6. The van der Waals surface area contributed by atoms with Crippen LogP contribution in [0.25, 0.3) is 0 Å². The number of carbonyl (C=O) groups is 1. The van der Waals surface area contributed by atoms with Crippen LogP contribution in [0.1, 0.15) is 15.9 Å². The molecule has 0 heterocycles. The van der Waals surface area contributed by atoms with Crippen LogP contribution >= 0.6 is 0 Å². The average molecular weight is 236 g/mol. The van der Waals surface area contributed by atoms with Gasteiger partial charge in [0.05, 0.1) is 11.3 Å². The summed E-state index contributed by atoms with van der Waals surface area (Å²) in [6, 6.07) is 17.0. The van der Waals surface area contributed by atoms with Crippen molar-refractivity contribution in [3.8, 4) is 6.07 Å². The second kappa shape index (κ2) is 5.15. The lowest BCUT2D eigenvalue weighted by Gasteiger charge is -2.20. The van der Waals surface area contributed by atoms with Gasteiger partial charge in [0.15, 0.2) is 0 Å². The number of para-hydroxylation sites is 1. The van der Waals surface area contributed by atoms with Crippen LogP contribution in [0.15, 0.2) is 48.5 Å². The molecule has 0 N–H and O–H groups in total. The summed E-state index contributed by atoms with van der Waals surface area (Å²) in [5, 5.41) is 9.14. The van der Waals surface area contributed by atoms with Crippen molar-refractivity contribution in [3.05, 3.63) is 59.7 Å². The average Bonchev–Trinajstić information content (AvgIpc) is 2.46. The van der Waals surface area contributed by atoms with Gasteiger partial charge >= 0.3 is 0 Å². The third-order valence-electron chi connectivity index (χ3n) is 2.78. The molecule has 0 saturated heterocycles. The van der Waals surface area contributed by atoms with E-state index in [1.807, 2.05) is 42.3 Å². The molecule has 2 aromatic rings. The van der Waals surface area contributed by atoms with Gasteiger partial charge in [-0.3, -0.25) is 4.79 Å². The van der Waals surface area contributed by atoms with Crippen molar-refractivity contribution in [2.75, 3.05) is 11.9 Å². The molecule has 0 bridgehead atoms. The summed E-state index contributed by atoms with van der Waals surface area (Å²) in [6.07, 6.45) is 0.743. The SMILES string of the molecule is CN(c1ccccc1)c1ccc(C=O)cc1C#N. The van der Waals surface area contributed by atoms with E-state index in [4.69, 9.17) is 5.26 Å². The smallest absolute Gasteiger partial charge is 0.150 e. The highest BCUT2D eigenvalue weighted by molar-refractivity contribution is 5.79. The van der Waals surface area contributed by atoms with Gasteiger partial charge in [-0.05, 0) is 30.3 Å². The molecule has 2 aromatic carbocycles. The standard InChI is InChI=1S/C15H12N2O/c1-17(14-5-3-2-4-6-14)15-8-7-12(11-18)9-13(15)10-16/h2-9,11H,1H3. The van der Waals surface area contributed by atoms with Crippen LogP contribution in [-0.4, -0.2) is 13.3 Å². The summed E-state index contributed by atoms with van der Waals surface area (Å²) in [5.74, 6) is 0. The van der Waals surface area contributed by atoms with E-state index in [0.717, 1.165) is 17.7 Å². The number of nitriles is 1. The summed E-state index contributed by atoms with van der Waals surface area (Å²) in [7, 11) is 1.89. The Bertz CT molecular complexity index is 600. The Labute approximate surface area is 106 Å². The Balaban J connectivity index is 2.46. The fourth-order valence-corrected chi connectivity index (χ4v) is 1.80. The van der Waals surface area contributed by atoms with Crippen LogP contribution in [-0.2, 0) is 0 Å². The maximum absolute atomic E-state index is 10.7. The zero-order valence-corrected chi connectivity index (χ0v) is 10.00. The molecule has 0 atom stereocenters. The maximum atomic E-state index is 10.7. The zero-order chi connectivity index (χ0) is 13.0. The van der Waals surface area contributed by atoms with Crippen molar-refractivity contribution < 1.29 is 4.79 Å². The Morgan fingerprint density at radius 1 is 1.17 bits per heavy atom. The predicted octanol–water partition coefficient (Wildman–Crippen LogP) is 3.14. The summed E-state index contributed by atoms with van der Waals surface area (Å²) in [5.41, 5.74) is 2.78. The predicted molar refractivity (Wildman–Crippen MR) is 71.0 cm³/mol. The number of carbonyl (C=O) groups excluding carboxylic acids is 1. The van der Waals surface area contributed by atoms with E-state index in [2.05, 4.69) is 6.07 Å². The normalized spacial score (nSPS) is 9.56. The van der Waals surface area contributed by atoms with Gasteiger partial charge in [-0.1, -0.05) is 18.2 Å². The van der Waals surface area contributed by atoms with E-state index in [1.165, 1.54) is 0 Å². The summed E-state index contributed by atoms with van der Waals surface area (Å²) >= 11 is 0. The van der Waals surface area contributed by atoms with Crippen LogP contribution < -0.4 is 4.90 Å². The quantitative estimate of drug-likeness (QED) is 0.769. The minimum absolute atomic E-state index is 0.492. The number of aldehydes is 1. The van der Waals surface area contributed by atoms with E-state index < -0.39 is 0 Å². The molecule has 0 aliphatic carbocycles. The molecule has 0 amide bonds. The number of hydrogen-bond acceptors (Lipinski definition) is 3. The third kappa shape index (κ3) is 2.23. The van der Waals surface area contributed by atoms with Gasteiger partial charge in [0.2, 0.25) is 0 Å². The molecule has 0 unspecified atom stereocenters. The summed E-state index contributed by atoms with van der Waals surface area (Å²) < 4.78 is 0. The Morgan fingerprint density at radius 2 is 1.89 bits per heavy atom. The van der Waals surface area contributed by atoms with Crippen LogP contribution in [0.5, 0.6) is 0 Å². The fourth-order valence-electron chi connectivity index (χ4n) is 1.80. The van der Waals surface area contributed by atoms with E-state index in [9.17, 15) is 4.79 Å².